The SMILES string of the molecule is CNC(CS(=O)c1cc(Cl)cc(Cl)c1)C(C)C. The summed E-state index contributed by atoms with van der Waals surface area (Å²) in [6.45, 7) is 4.20. The first-order valence-electron chi connectivity index (χ1n) is 5.45. The van der Waals surface area contributed by atoms with Crippen molar-refractivity contribution in [2.45, 2.75) is 24.8 Å². The standard InChI is InChI=1S/C12H17Cl2NOS/c1-8(2)12(15-3)7-17(16)11-5-9(13)4-10(14)6-11/h4-6,8,12,15H,7H2,1-3H3. The topological polar surface area (TPSA) is 29.1 Å². The Bertz CT molecular complexity index is 389. The van der Waals surface area contributed by atoms with E-state index >= 15 is 0 Å². The summed E-state index contributed by atoms with van der Waals surface area (Å²) in [6.07, 6.45) is 0. The Balaban J connectivity index is 2.82. The molecule has 0 amide bonds. The minimum absolute atomic E-state index is 0.216. The van der Waals surface area contributed by atoms with Gasteiger partial charge in [-0.05, 0) is 31.2 Å². The second-order valence-corrected chi connectivity index (χ2v) is 6.63. The molecule has 1 aromatic carbocycles. The number of halogens is 2. The lowest BCUT2D eigenvalue weighted by atomic mass is 10.1. The molecule has 0 aliphatic rings. The zero-order valence-corrected chi connectivity index (χ0v) is 12.5. The summed E-state index contributed by atoms with van der Waals surface area (Å²) in [6, 6.07) is 5.27. The molecule has 0 saturated heterocycles. The Morgan fingerprint density at radius 1 is 1.24 bits per heavy atom. The van der Waals surface area contributed by atoms with E-state index in [4.69, 9.17) is 23.2 Å². The van der Waals surface area contributed by atoms with Crippen LogP contribution in [-0.4, -0.2) is 23.1 Å². The zero-order chi connectivity index (χ0) is 13.0. The van der Waals surface area contributed by atoms with Gasteiger partial charge in [-0.15, -0.1) is 0 Å². The minimum Gasteiger partial charge on any atom is -0.316 e. The van der Waals surface area contributed by atoms with Gasteiger partial charge >= 0.3 is 0 Å². The molecule has 2 unspecified atom stereocenters. The fourth-order valence-electron chi connectivity index (χ4n) is 1.53. The summed E-state index contributed by atoms with van der Waals surface area (Å²) in [7, 11) is 0.796. The molecule has 17 heavy (non-hydrogen) atoms. The molecular weight excluding hydrogens is 277 g/mol. The minimum atomic E-state index is -1.09. The molecule has 1 rings (SSSR count). The van der Waals surface area contributed by atoms with E-state index in [0.29, 0.717) is 26.6 Å². The molecule has 2 nitrogen and oxygen atoms in total. The molecule has 1 aromatic rings. The van der Waals surface area contributed by atoms with E-state index in [9.17, 15) is 4.21 Å². The van der Waals surface area contributed by atoms with Gasteiger partial charge in [-0.2, -0.15) is 0 Å². The predicted molar refractivity (Wildman–Crippen MR) is 75.4 cm³/mol. The summed E-state index contributed by atoms with van der Waals surface area (Å²) in [4.78, 5) is 0.684. The van der Waals surface area contributed by atoms with Crippen molar-refractivity contribution < 1.29 is 4.21 Å². The first-order chi connectivity index (χ1) is 7.93. The Morgan fingerprint density at radius 2 is 1.76 bits per heavy atom. The summed E-state index contributed by atoms with van der Waals surface area (Å²) in [5.41, 5.74) is 0. The molecule has 0 aliphatic heterocycles. The summed E-state index contributed by atoms with van der Waals surface area (Å²) >= 11 is 11.8. The Labute approximate surface area is 115 Å². The predicted octanol–water partition coefficient (Wildman–Crippen LogP) is 3.35. The van der Waals surface area contributed by atoms with Crippen LogP contribution in [0.4, 0.5) is 0 Å². The maximum atomic E-state index is 12.2. The molecular formula is C12H17Cl2NOS. The Morgan fingerprint density at radius 3 is 2.18 bits per heavy atom. The zero-order valence-electron chi connectivity index (χ0n) is 10.2. The quantitative estimate of drug-likeness (QED) is 0.902. The van der Waals surface area contributed by atoms with Crippen molar-refractivity contribution in [2.75, 3.05) is 12.8 Å². The van der Waals surface area contributed by atoms with Crippen LogP contribution in [0.15, 0.2) is 23.1 Å². The number of rotatable bonds is 5. The molecule has 0 bridgehead atoms. The Kier molecular flexibility index (Phi) is 5.93. The monoisotopic (exact) mass is 293 g/mol. The highest BCUT2D eigenvalue weighted by atomic mass is 35.5. The van der Waals surface area contributed by atoms with Crippen molar-refractivity contribution in [1.82, 2.24) is 5.32 Å². The van der Waals surface area contributed by atoms with Crippen molar-refractivity contribution in [2.24, 2.45) is 5.92 Å². The van der Waals surface area contributed by atoms with Crippen LogP contribution in [0.25, 0.3) is 0 Å². The molecule has 0 heterocycles. The van der Waals surface area contributed by atoms with E-state index in [-0.39, 0.29) is 6.04 Å². The molecule has 5 heteroatoms. The van der Waals surface area contributed by atoms with Gasteiger partial charge in [0, 0.05) is 26.7 Å². The molecule has 0 spiro atoms. The van der Waals surface area contributed by atoms with Crippen molar-refractivity contribution in [3.8, 4) is 0 Å². The first kappa shape index (κ1) is 15.0. The lowest BCUT2D eigenvalue weighted by Gasteiger charge is -2.19. The molecule has 2 atom stereocenters. The van der Waals surface area contributed by atoms with Crippen molar-refractivity contribution in [3.63, 3.8) is 0 Å². The first-order valence-corrected chi connectivity index (χ1v) is 7.53. The van der Waals surface area contributed by atoms with Crippen LogP contribution < -0.4 is 5.32 Å². The molecule has 96 valence electrons. The average molecular weight is 294 g/mol. The molecule has 0 saturated carbocycles. The van der Waals surface area contributed by atoms with Crippen LogP contribution in [0, 0.1) is 5.92 Å². The summed E-state index contributed by atoms with van der Waals surface area (Å²) in [5.74, 6) is 0.990. The number of hydrogen-bond acceptors (Lipinski definition) is 2. The van der Waals surface area contributed by atoms with Gasteiger partial charge in [-0.3, -0.25) is 4.21 Å². The molecule has 0 radical (unpaired) electrons. The molecule has 0 aromatic heterocycles. The second-order valence-electron chi connectivity index (χ2n) is 4.26. The third-order valence-electron chi connectivity index (χ3n) is 2.61. The van der Waals surface area contributed by atoms with E-state index in [1.54, 1.807) is 18.2 Å². The summed E-state index contributed by atoms with van der Waals surface area (Å²) in [5, 5.41) is 4.21. The highest BCUT2D eigenvalue weighted by Crippen LogP contribution is 2.22. The lowest BCUT2D eigenvalue weighted by molar-refractivity contribution is 0.462. The molecule has 1 N–H and O–H groups in total. The maximum Gasteiger partial charge on any atom is 0.0546 e. The van der Waals surface area contributed by atoms with Gasteiger partial charge in [0.1, 0.15) is 0 Å². The molecule has 0 fully saturated rings. The van der Waals surface area contributed by atoms with E-state index in [1.165, 1.54) is 0 Å². The van der Waals surface area contributed by atoms with Crippen LogP contribution in [0.2, 0.25) is 10.0 Å². The second kappa shape index (κ2) is 6.74. The third kappa shape index (κ3) is 4.59. The van der Waals surface area contributed by atoms with E-state index < -0.39 is 10.8 Å². The van der Waals surface area contributed by atoms with Gasteiger partial charge in [0.05, 0.1) is 10.8 Å². The van der Waals surface area contributed by atoms with Crippen molar-refractivity contribution >= 4 is 34.0 Å². The normalized spacial score (nSPS) is 14.9. The van der Waals surface area contributed by atoms with Gasteiger partial charge in [0.2, 0.25) is 0 Å². The maximum absolute atomic E-state index is 12.2. The highest BCUT2D eigenvalue weighted by Gasteiger charge is 2.16. The van der Waals surface area contributed by atoms with Crippen LogP contribution in [0.5, 0.6) is 0 Å². The number of benzene rings is 1. The van der Waals surface area contributed by atoms with Crippen LogP contribution in [0.3, 0.4) is 0 Å². The van der Waals surface area contributed by atoms with Gasteiger partial charge < -0.3 is 5.32 Å². The Hall–Kier alpha value is -0.0900. The summed E-state index contributed by atoms with van der Waals surface area (Å²) < 4.78 is 12.2. The van der Waals surface area contributed by atoms with E-state index in [1.807, 2.05) is 7.05 Å². The average Bonchev–Trinajstić information content (AvgIpc) is 2.23. The van der Waals surface area contributed by atoms with Gasteiger partial charge in [0.25, 0.3) is 0 Å². The van der Waals surface area contributed by atoms with Crippen molar-refractivity contribution in [1.29, 1.82) is 0 Å². The lowest BCUT2D eigenvalue weighted by Crippen LogP contribution is -2.35. The number of nitrogens with one attached hydrogen (secondary N) is 1. The smallest absolute Gasteiger partial charge is 0.0546 e. The number of hydrogen-bond donors (Lipinski definition) is 1. The highest BCUT2D eigenvalue weighted by molar-refractivity contribution is 7.85. The van der Waals surface area contributed by atoms with Crippen LogP contribution >= 0.6 is 23.2 Å². The van der Waals surface area contributed by atoms with Gasteiger partial charge in [-0.1, -0.05) is 37.0 Å². The van der Waals surface area contributed by atoms with Gasteiger partial charge in [-0.25, -0.2) is 0 Å². The third-order valence-corrected chi connectivity index (χ3v) is 4.47. The van der Waals surface area contributed by atoms with E-state index in [0.717, 1.165) is 0 Å². The van der Waals surface area contributed by atoms with Crippen LogP contribution in [-0.2, 0) is 10.8 Å². The fraction of sp³-hybridized carbons (Fsp3) is 0.500. The largest absolute Gasteiger partial charge is 0.316 e. The van der Waals surface area contributed by atoms with E-state index in [2.05, 4.69) is 19.2 Å². The van der Waals surface area contributed by atoms with Gasteiger partial charge in [0.15, 0.2) is 0 Å². The molecule has 0 aliphatic carbocycles. The fourth-order valence-corrected chi connectivity index (χ4v) is 3.77. The van der Waals surface area contributed by atoms with Crippen LogP contribution in [0.1, 0.15) is 13.8 Å². The van der Waals surface area contributed by atoms with Crippen molar-refractivity contribution in [3.05, 3.63) is 28.2 Å².